The summed E-state index contributed by atoms with van der Waals surface area (Å²) in [5.41, 5.74) is 2.71. The third kappa shape index (κ3) is 4.80. The van der Waals surface area contributed by atoms with E-state index in [1.807, 2.05) is 0 Å². The van der Waals surface area contributed by atoms with Crippen molar-refractivity contribution in [1.82, 2.24) is 5.32 Å². The van der Waals surface area contributed by atoms with E-state index in [9.17, 15) is 0 Å². The maximum Gasteiger partial charge on any atom is 0.0360 e. The standard InChI is InChI=1S/C18H27Br2N/c1-3-21-18(14-9-7-5-4-6-8-10-14)15-12-16(19)13(2)11-17(15)20/h11-12,14,18,21H,3-10H2,1-2H3. The molecule has 0 bridgehead atoms. The number of rotatable bonds is 4. The largest absolute Gasteiger partial charge is 0.310 e. The average molecular weight is 417 g/mol. The SMILES string of the molecule is CCNC(c1cc(Br)c(C)cc1Br)C1CCCCCCC1. The molecular weight excluding hydrogens is 390 g/mol. The molecule has 1 atom stereocenters. The summed E-state index contributed by atoms with van der Waals surface area (Å²) in [6.45, 7) is 5.39. The smallest absolute Gasteiger partial charge is 0.0360 e. The fourth-order valence-corrected chi connectivity index (χ4v) is 4.54. The van der Waals surface area contributed by atoms with Gasteiger partial charge in [-0.3, -0.25) is 0 Å². The summed E-state index contributed by atoms with van der Waals surface area (Å²) in [5.74, 6) is 0.760. The number of hydrogen-bond donors (Lipinski definition) is 1. The first-order valence-electron chi connectivity index (χ1n) is 8.32. The Morgan fingerprint density at radius 3 is 2.29 bits per heavy atom. The zero-order valence-electron chi connectivity index (χ0n) is 13.2. The fourth-order valence-electron chi connectivity index (χ4n) is 3.47. The highest BCUT2D eigenvalue weighted by atomic mass is 79.9. The molecule has 1 unspecified atom stereocenters. The molecule has 2 rings (SSSR count). The molecule has 0 heterocycles. The normalized spacial score (nSPS) is 19.0. The monoisotopic (exact) mass is 415 g/mol. The van der Waals surface area contributed by atoms with Crippen LogP contribution in [0.1, 0.15) is 69.0 Å². The first-order valence-corrected chi connectivity index (χ1v) is 9.91. The van der Waals surface area contributed by atoms with Crippen molar-refractivity contribution in [2.45, 2.75) is 64.8 Å². The molecule has 0 radical (unpaired) electrons. The first kappa shape index (κ1) is 17.5. The number of nitrogens with one attached hydrogen (secondary N) is 1. The van der Waals surface area contributed by atoms with Crippen LogP contribution in [0.4, 0.5) is 0 Å². The van der Waals surface area contributed by atoms with Gasteiger partial charge >= 0.3 is 0 Å². The van der Waals surface area contributed by atoms with Crippen molar-refractivity contribution in [3.8, 4) is 0 Å². The molecule has 118 valence electrons. The molecule has 0 amide bonds. The van der Waals surface area contributed by atoms with Crippen LogP contribution in [0.25, 0.3) is 0 Å². The zero-order valence-corrected chi connectivity index (χ0v) is 16.4. The summed E-state index contributed by atoms with van der Waals surface area (Å²) in [5, 5.41) is 3.75. The van der Waals surface area contributed by atoms with Crippen molar-refractivity contribution >= 4 is 31.9 Å². The Hall–Kier alpha value is 0.140. The van der Waals surface area contributed by atoms with Crippen LogP contribution in [-0.2, 0) is 0 Å². The van der Waals surface area contributed by atoms with Gasteiger partial charge in [0.2, 0.25) is 0 Å². The van der Waals surface area contributed by atoms with Crippen molar-refractivity contribution in [1.29, 1.82) is 0 Å². The Labute approximate surface area is 146 Å². The Morgan fingerprint density at radius 1 is 1.05 bits per heavy atom. The summed E-state index contributed by atoms with van der Waals surface area (Å²) in [7, 11) is 0. The number of halogens is 2. The highest BCUT2D eigenvalue weighted by molar-refractivity contribution is 9.11. The second-order valence-corrected chi connectivity index (χ2v) is 7.97. The van der Waals surface area contributed by atoms with Gasteiger partial charge in [-0.2, -0.15) is 0 Å². The lowest BCUT2D eigenvalue weighted by atomic mass is 9.82. The van der Waals surface area contributed by atoms with E-state index >= 15 is 0 Å². The van der Waals surface area contributed by atoms with Crippen LogP contribution in [0.3, 0.4) is 0 Å². The van der Waals surface area contributed by atoms with E-state index < -0.39 is 0 Å². The van der Waals surface area contributed by atoms with Gasteiger partial charge in [-0.1, -0.05) is 70.9 Å². The van der Waals surface area contributed by atoms with Crippen LogP contribution in [0.2, 0.25) is 0 Å². The van der Waals surface area contributed by atoms with Gasteiger partial charge in [-0.05, 0) is 55.5 Å². The van der Waals surface area contributed by atoms with Crippen molar-refractivity contribution in [3.63, 3.8) is 0 Å². The number of hydrogen-bond acceptors (Lipinski definition) is 1. The predicted molar refractivity (Wildman–Crippen MR) is 98.8 cm³/mol. The Bertz CT molecular complexity index is 451. The minimum absolute atomic E-state index is 0.472. The minimum Gasteiger partial charge on any atom is -0.310 e. The van der Waals surface area contributed by atoms with Crippen LogP contribution in [0, 0.1) is 12.8 Å². The molecule has 1 saturated carbocycles. The van der Waals surface area contributed by atoms with E-state index in [4.69, 9.17) is 0 Å². The molecule has 1 aliphatic rings. The fraction of sp³-hybridized carbons (Fsp3) is 0.667. The van der Waals surface area contributed by atoms with E-state index in [0.29, 0.717) is 6.04 Å². The molecule has 0 saturated heterocycles. The van der Waals surface area contributed by atoms with Crippen molar-refractivity contribution < 1.29 is 0 Å². The van der Waals surface area contributed by atoms with E-state index in [2.05, 4.69) is 63.2 Å². The van der Waals surface area contributed by atoms with Crippen LogP contribution in [0.5, 0.6) is 0 Å². The maximum absolute atomic E-state index is 3.79. The van der Waals surface area contributed by atoms with Crippen molar-refractivity contribution in [2.75, 3.05) is 6.54 Å². The topological polar surface area (TPSA) is 12.0 Å². The van der Waals surface area contributed by atoms with Crippen LogP contribution in [-0.4, -0.2) is 6.54 Å². The van der Waals surface area contributed by atoms with Crippen molar-refractivity contribution in [3.05, 3.63) is 32.2 Å². The minimum atomic E-state index is 0.472. The number of aryl methyl sites for hydroxylation is 1. The van der Waals surface area contributed by atoms with Gasteiger partial charge < -0.3 is 5.32 Å². The van der Waals surface area contributed by atoms with Crippen molar-refractivity contribution in [2.24, 2.45) is 5.92 Å². The van der Waals surface area contributed by atoms with E-state index in [1.54, 1.807) is 0 Å². The summed E-state index contributed by atoms with van der Waals surface area (Å²) >= 11 is 7.50. The predicted octanol–water partition coefficient (Wildman–Crippen LogP) is 6.53. The van der Waals surface area contributed by atoms with Gasteiger partial charge in [-0.15, -0.1) is 0 Å². The second kappa shape index (κ2) is 8.69. The Balaban J connectivity index is 2.26. The first-order chi connectivity index (χ1) is 10.1. The molecule has 0 spiro atoms. The lowest BCUT2D eigenvalue weighted by Gasteiger charge is -2.31. The summed E-state index contributed by atoms with van der Waals surface area (Å²) in [6.07, 6.45) is 9.74. The third-order valence-corrected chi connectivity index (χ3v) is 6.20. The highest BCUT2D eigenvalue weighted by Gasteiger charge is 2.25. The second-order valence-electron chi connectivity index (χ2n) is 6.26. The van der Waals surface area contributed by atoms with Crippen LogP contribution >= 0.6 is 31.9 Å². The molecular formula is C18H27Br2N. The van der Waals surface area contributed by atoms with Crippen LogP contribution in [0.15, 0.2) is 21.1 Å². The average Bonchev–Trinajstić information content (AvgIpc) is 2.41. The van der Waals surface area contributed by atoms with E-state index in [1.165, 1.54) is 65.0 Å². The maximum atomic E-state index is 3.79. The zero-order chi connectivity index (χ0) is 15.2. The van der Waals surface area contributed by atoms with Gasteiger partial charge in [0.15, 0.2) is 0 Å². The molecule has 1 aromatic rings. The lowest BCUT2D eigenvalue weighted by molar-refractivity contribution is 0.291. The molecule has 0 aliphatic heterocycles. The van der Waals surface area contributed by atoms with E-state index in [0.717, 1.165) is 12.5 Å². The highest BCUT2D eigenvalue weighted by Crippen LogP contribution is 2.38. The molecule has 1 N–H and O–H groups in total. The molecule has 0 aromatic heterocycles. The Kier molecular flexibility index (Phi) is 7.24. The third-order valence-electron chi connectivity index (χ3n) is 4.66. The molecule has 1 aliphatic carbocycles. The molecule has 1 fully saturated rings. The molecule has 21 heavy (non-hydrogen) atoms. The van der Waals surface area contributed by atoms with E-state index in [-0.39, 0.29) is 0 Å². The van der Waals surface area contributed by atoms with Gasteiger partial charge in [0.1, 0.15) is 0 Å². The summed E-state index contributed by atoms with van der Waals surface area (Å²) in [4.78, 5) is 0. The lowest BCUT2D eigenvalue weighted by Crippen LogP contribution is -2.29. The van der Waals surface area contributed by atoms with Gasteiger partial charge in [-0.25, -0.2) is 0 Å². The van der Waals surface area contributed by atoms with Gasteiger partial charge in [0.25, 0.3) is 0 Å². The van der Waals surface area contributed by atoms with Gasteiger partial charge in [0, 0.05) is 15.0 Å². The summed E-state index contributed by atoms with van der Waals surface area (Å²) in [6, 6.07) is 5.03. The number of benzene rings is 1. The molecule has 3 heteroatoms. The summed E-state index contributed by atoms with van der Waals surface area (Å²) < 4.78 is 2.46. The molecule has 1 nitrogen and oxygen atoms in total. The van der Waals surface area contributed by atoms with Crippen LogP contribution < -0.4 is 5.32 Å². The molecule has 1 aromatic carbocycles. The van der Waals surface area contributed by atoms with Gasteiger partial charge in [0.05, 0.1) is 0 Å². The quantitative estimate of drug-likeness (QED) is 0.587. The Morgan fingerprint density at radius 2 is 1.67 bits per heavy atom.